The number of nitro benzene ring substituents is 1. The number of nitrogens with one attached hydrogen (secondary N) is 1. The highest BCUT2D eigenvalue weighted by Crippen LogP contribution is 2.24. The highest BCUT2D eigenvalue weighted by atomic mass is 16.6. The maximum absolute atomic E-state index is 11.7. The molecule has 3 N–H and O–H groups in total. The topological polar surface area (TPSA) is 119 Å². The first-order valence-corrected chi connectivity index (χ1v) is 5.50. The number of nitrogen functional groups attached to an aromatic ring is 1. The van der Waals surface area contributed by atoms with E-state index >= 15 is 0 Å². The lowest BCUT2D eigenvalue weighted by atomic mass is 10.2. The van der Waals surface area contributed by atoms with E-state index in [1.165, 1.54) is 25.2 Å². The molecule has 19 heavy (non-hydrogen) atoms. The summed E-state index contributed by atoms with van der Waals surface area (Å²) in [4.78, 5) is 34.2. The number of nitrogens with zero attached hydrogens (tertiary/aromatic N) is 2. The molecule has 0 radical (unpaired) electrons. The van der Waals surface area contributed by atoms with Crippen molar-refractivity contribution in [2.24, 2.45) is 0 Å². The fraction of sp³-hybridized carbons (Fsp3) is 0.273. The normalized spacial score (nSPS) is 18.8. The fourth-order valence-electron chi connectivity index (χ4n) is 1.89. The molecule has 0 aliphatic carbocycles. The summed E-state index contributed by atoms with van der Waals surface area (Å²) >= 11 is 0. The lowest BCUT2D eigenvalue weighted by Gasteiger charge is -2.12. The van der Waals surface area contributed by atoms with Crippen LogP contribution in [-0.2, 0) is 9.59 Å². The van der Waals surface area contributed by atoms with Crippen molar-refractivity contribution in [1.82, 2.24) is 4.90 Å². The number of benzene rings is 1. The summed E-state index contributed by atoms with van der Waals surface area (Å²) in [5, 5.41) is 13.5. The minimum absolute atomic E-state index is 0.0257. The summed E-state index contributed by atoms with van der Waals surface area (Å²) < 4.78 is 0. The van der Waals surface area contributed by atoms with Crippen molar-refractivity contribution in [2.75, 3.05) is 18.1 Å². The molecule has 100 valence electrons. The van der Waals surface area contributed by atoms with E-state index in [-0.39, 0.29) is 29.6 Å². The number of hydrogen-bond donors (Lipinski definition) is 2. The van der Waals surface area contributed by atoms with Gasteiger partial charge in [0.1, 0.15) is 6.04 Å². The zero-order chi connectivity index (χ0) is 14.2. The second-order valence-electron chi connectivity index (χ2n) is 4.26. The summed E-state index contributed by atoms with van der Waals surface area (Å²) in [6, 6.07) is 3.26. The van der Waals surface area contributed by atoms with Gasteiger partial charge in [0, 0.05) is 30.6 Å². The van der Waals surface area contributed by atoms with Gasteiger partial charge in [0.25, 0.3) is 11.6 Å². The Balaban J connectivity index is 2.22. The van der Waals surface area contributed by atoms with E-state index in [2.05, 4.69) is 5.32 Å². The lowest BCUT2D eigenvalue weighted by Crippen LogP contribution is -2.31. The Morgan fingerprint density at radius 3 is 2.63 bits per heavy atom. The minimum Gasteiger partial charge on any atom is -0.398 e. The molecule has 0 saturated carbocycles. The van der Waals surface area contributed by atoms with Gasteiger partial charge in [0.05, 0.1) is 11.3 Å². The third kappa shape index (κ3) is 2.46. The van der Waals surface area contributed by atoms with Gasteiger partial charge in [-0.1, -0.05) is 0 Å². The predicted molar refractivity (Wildman–Crippen MR) is 67.3 cm³/mol. The Morgan fingerprint density at radius 1 is 1.42 bits per heavy atom. The molecule has 0 spiro atoms. The van der Waals surface area contributed by atoms with Gasteiger partial charge in [0.15, 0.2) is 0 Å². The fourth-order valence-corrected chi connectivity index (χ4v) is 1.89. The average molecular weight is 264 g/mol. The van der Waals surface area contributed by atoms with Crippen LogP contribution in [0.5, 0.6) is 0 Å². The van der Waals surface area contributed by atoms with Crippen LogP contribution in [0.3, 0.4) is 0 Å². The van der Waals surface area contributed by atoms with Crippen LogP contribution in [0, 0.1) is 10.1 Å². The Kier molecular flexibility index (Phi) is 3.07. The van der Waals surface area contributed by atoms with E-state index in [0.29, 0.717) is 5.69 Å². The van der Waals surface area contributed by atoms with Gasteiger partial charge in [-0.3, -0.25) is 24.6 Å². The second kappa shape index (κ2) is 4.56. The zero-order valence-electron chi connectivity index (χ0n) is 10.1. The molecule has 0 aromatic heterocycles. The maximum atomic E-state index is 11.7. The molecule has 1 unspecified atom stereocenters. The molecule has 1 heterocycles. The van der Waals surface area contributed by atoms with E-state index in [9.17, 15) is 19.7 Å². The molecule has 2 rings (SSSR count). The van der Waals surface area contributed by atoms with Crippen LogP contribution in [0.2, 0.25) is 0 Å². The maximum Gasteiger partial charge on any atom is 0.273 e. The Bertz CT molecular complexity index is 572. The molecular formula is C11H12N4O4. The number of carbonyl (C=O) groups is 2. The molecule has 1 saturated heterocycles. The van der Waals surface area contributed by atoms with Crippen LogP contribution in [0.1, 0.15) is 6.42 Å². The Hall–Kier alpha value is -2.64. The molecule has 0 bridgehead atoms. The van der Waals surface area contributed by atoms with Crippen molar-refractivity contribution in [3.63, 3.8) is 0 Å². The van der Waals surface area contributed by atoms with Crippen molar-refractivity contribution in [1.29, 1.82) is 0 Å². The van der Waals surface area contributed by atoms with Crippen LogP contribution < -0.4 is 11.1 Å². The third-order valence-corrected chi connectivity index (χ3v) is 2.87. The molecule has 8 heteroatoms. The van der Waals surface area contributed by atoms with Gasteiger partial charge < -0.3 is 11.1 Å². The van der Waals surface area contributed by atoms with E-state index in [1.54, 1.807) is 0 Å². The van der Waals surface area contributed by atoms with E-state index in [4.69, 9.17) is 5.73 Å². The molecule has 2 amide bonds. The summed E-state index contributed by atoms with van der Waals surface area (Å²) in [6.07, 6.45) is 0.0257. The molecule has 1 atom stereocenters. The van der Waals surface area contributed by atoms with Crippen LogP contribution in [-0.4, -0.2) is 34.7 Å². The number of anilines is 2. The van der Waals surface area contributed by atoms with Crippen molar-refractivity contribution in [3.8, 4) is 0 Å². The zero-order valence-corrected chi connectivity index (χ0v) is 10.1. The number of likely N-dealkylation sites (tertiary alicyclic amines) is 1. The highest BCUT2D eigenvalue weighted by Gasteiger charge is 2.36. The first-order valence-electron chi connectivity index (χ1n) is 5.50. The average Bonchev–Trinajstić information content (AvgIpc) is 2.56. The minimum atomic E-state index is -0.709. The molecule has 1 fully saturated rings. The molecule has 1 aromatic carbocycles. The lowest BCUT2D eigenvalue weighted by molar-refractivity contribution is -0.384. The standard InChI is InChI=1S/C11H12N4O4/c1-14-10(16)5-9(11(14)17)13-7-2-6(12)3-8(4-7)15(18)19/h2-4,9,13H,5,12H2,1H3. The summed E-state index contributed by atoms with van der Waals surface area (Å²) in [7, 11) is 1.40. The smallest absolute Gasteiger partial charge is 0.273 e. The first kappa shape index (κ1) is 12.8. The van der Waals surface area contributed by atoms with Crippen molar-refractivity contribution in [3.05, 3.63) is 28.3 Å². The quantitative estimate of drug-likeness (QED) is 0.352. The summed E-state index contributed by atoms with van der Waals surface area (Å²) in [6.45, 7) is 0. The number of imide groups is 1. The van der Waals surface area contributed by atoms with Crippen molar-refractivity contribution < 1.29 is 14.5 Å². The number of likely N-dealkylation sites (N-methyl/N-ethyl adjacent to an activating group) is 1. The SMILES string of the molecule is CN1C(=O)CC(Nc2cc(N)cc([N+](=O)[O-])c2)C1=O. The van der Waals surface area contributed by atoms with Crippen LogP contribution >= 0.6 is 0 Å². The predicted octanol–water partition coefficient (Wildman–Crippen LogP) is 0.346. The molecule has 8 nitrogen and oxygen atoms in total. The number of nitrogens with two attached hydrogens (primary N) is 1. The van der Waals surface area contributed by atoms with Gasteiger partial charge >= 0.3 is 0 Å². The van der Waals surface area contributed by atoms with E-state index in [0.717, 1.165) is 4.90 Å². The first-order chi connectivity index (χ1) is 8.88. The van der Waals surface area contributed by atoms with Crippen molar-refractivity contribution in [2.45, 2.75) is 12.5 Å². The van der Waals surface area contributed by atoms with Crippen LogP contribution in [0.15, 0.2) is 18.2 Å². The van der Waals surface area contributed by atoms with E-state index in [1.807, 2.05) is 0 Å². The highest BCUT2D eigenvalue weighted by molar-refractivity contribution is 6.06. The number of nitro groups is 1. The molecular weight excluding hydrogens is 252 g/mol. The number of non-ortho nitro benzene ring substituents is 1. The van der Waals surface area contributed by atoms with Gasteiger partial charge in [-0.15, -0.1) is 0 Å². The van der Waals surface area contributed by atoms with Gasteiger partial charge in [-0.25, -0.2) is 0 Å². The Labute approximate surface area is 108 Å². The van der Waals surface area contributed by atoms with Gasteiger partial charge in [0.2, 0.25) is 5.91 Å². The third-order valence-electron chi connectivity index (χ3n) is 2.87. The van der Waals surface area contributed by atoms with E-state index < -0.39 is 11.0 Å². The summed E-state index contributed by atoms with van der Waals surface area (Å²) in [5.41, 5.74) is 5.93. The second-order valence-corrected chi connectivity index (χ2v) is 4.26. The monoisotopic (exact) mass is 264 g/mol. The van der Waals surface area contributed by atoms with Crippen LogP contribution in [0.4, 0.5) is 17.1 Å². The summed E-state index contributed by atoms with van der Waals surface area (Å²) in [5.74, 6) is -0.656. The molecule has 1 aliphatic heterocycles. The molecule has 1 aromatic rings. The molecule has 1 aliphatic rings. The van der Waals surface area contributed by atoms with Crippen LogP contribution in [0.25, 0.3) is 0 Å². The largest absolute Gasteiger partial charge is 0.398 e. The number of amides is 2. The Morgan fingerprint density at radius 2 is 2.11 bits per heavy atom. The van der Waals surface area contributed by atoms with Crippen molar-refractivity contribution >= 4 is 28.9 Å². The number of carbonyl (C=O) groups excluding carboxylic acids is 2. The van der Waals surface area contributed by atoms with Gasteiger partial charge in [-0.05, 0) is 6.07 Å². The van der Waals surface area contributed by atoms with Gasteiger partial charge in [-0.2, -0.15) is 0 Å². The number of hydrogen-bond acceptors (Lipinski definition) is 6. The number of rotatable bonds is 3.